The summed E-state index contributed by atoms with van der Waals surface area (Å²) in [5, 5.41) is 2.81. The number of hydrogen-bond donors (Lipinski definition) is 1. The quantitative estimate of drug-likeness (QED) is 0.778. The van der Waals surface area contributed by atoms with Crippen LogP contribution >= 0.6 is 0 Å². The molecule has 1 aliphatic rings. The zero-order valence-corrected chi connectivity index (χ0v) is 16.4. The van der Waals surface area contributed by atoms with E-state index in [2.05, 4.69) is 10.1 Å². The lowest BCUT2D eigenvalue weighted by Gasteiger charge is -2.27. The molecule has 1 aliphatic heterocycles. The Balaban J connectivity index is 1.80. The summed E-state index contributed by atoms with van der Waals surface area (Å²) in [4.78, 5) is 38.3. The third-order valence-electron chi connectivity index (χ3n) is 4.56. The Labute approximate surface area is 168 Å². The van der Waals surface area contributed by atoms with Crippen LogP contribution in [0.15, 0.2) is 42.5 Å². The number of para-hydroxylation sites is 2. The van der Waals surface area contributed by atoms with E-state index < -0.39 is 5.97 Å². The van der Waals surface area contributed by atoms with E-state index in [-0.39, 0.29) is 30.9 Å². The van der Waals surface area contributed by atoms with Gasteiger partial charge >= 0.3 is 5.97 Å². The number of rotatable bonds is 5. The van der Waals surface area contributed by atoms with E-state index in [0.717, 1.165) is 0 Å². The first kappa shape index (κ1) is 20.2. The second-order valence-electron chi connectivity index (χ2n) is 6.53. The van der Waals surface area contributed by atoms with Crippen LogP contribution < -0.4 is 19.7 Å². The molecule has 2 aromatic carbocycles. The van der Waals surface area contributed by atoms with E-state index in [9.17, 15) is 14.4 Å². The Kier molecular flexibility index (Phi) is 6.01. The second kappa shape index (κ2) is 8.64. The third-order valence-corrected chi connectivity index (χ3v) is 4.56. The first-order valence-corrected chi connectivity index (χ1v) is 9.04. The summed E-state index contributed by atoms with van der Waals surface area (Å²) in [6.07, 6.45) is 0.178. The number of anilines is 2. The molecule has 1 atom stereocenters. The van der Waals surface area contributed by atoms with Crippen LogP contribution in [0.3, 0.4) is 0 Å². The van der Waals surface area contributed by atoms with Gasteiger partial charge in [-0.3, -0.25) is 9.59 Å². The predicted molar refractivity (Wildman–Crippen MR) is 106 cm³/mol. The maximum atomic E-state index is 13.0. The highest BCUT2D eigenvalue weighted by atomic mass is 16.5. The molecular weight excluding hydrogens is 376 g/mol. The number of carbonyl (C=O) groups excluding carboxylic acids is 3. The molecule has 0 fully saturated rings. The standard InChI is InChI=1S/C21H22N2O6/c1-13-10-19(24)22-15-6-4-5-7-16(15)23(13)20(25)12-29-17-9-8-14(21(26)28-3)11-18(17)27-2/h4-9,11,13H,10,12H2,1-3H3,(H,22,24). The summed E-state index contributed by atoms with van der Waals surface area (Å²) in [5.41, 5.74) is 1.50. The summed E-state index contributed by atoms with van der Waals surface area (Å²) in [6.45, 7) is 1.55. The van der Waals surface area contributed by atoms with Crippen LogP contribution in [0, 0.1) is 0 Å². The Bertz CT molecular complexity index is 943. The van der Waals surface area contributed by atoms with Gasteiger partial charge in [-0.05, 0) is 37.3 Å². The van der Waals surface area contributed by atoms with E-state index in [1.807, 2.05) is 6.92 Å². The van der Waals surface area contributed by atoms with Crippen LogP contribution in [0.25, 0.3) is 0 Å². The number of methoxy groups -OCH3 is 2. The molecule has 0 spiro atoms. The SMILES string of the molecule is COC(=O)c1ccc(OCC(=O)N2c3ccccc3NC(=O)CC2C)c(OC)c1. The molecule has 0 radical (unpaired) electrons. The molecule has 8 nitrogen and oxygen atoms in total. The number of fused-ring (bicyclic) bond motifs is 1. The van der Waals surface area contributed by atoms with Gasteiger partial charge in [0.25, 0.3) is 5.91 Å². The highest BCUT2D eigenvalue weighted by molar-refractivity contribution is 6.04. The van der Waals surface area contributed by atoms with Gasteiger partial charge in [0, 0.05) is 12.5 Å². The van der Waals surface area contributed by atoms with Gasteiger partial charge in [-0.2, -0.15) is 0 Å². The maximum Gasteiger partial charge on any atom is 0.337 e. The van der Waals surface area contributed by atoms with Crippen LogP contribution in [-0.4, -0.2) is 44.7 Å². The van der Waals surface area contributed by atoms with Gasteiger partial charge in [-0.25, -0.2) is 4.79 Å². The normalized spacial score (nSPS) is 15.6. The van der Waals surface area contributed by atoms with Gasteiger partial charge in [0.15, 0.2) is 18.1 Å². The number of carbonyl (C=O) groups is 3. The number of nitrogens with zero attached hydrogens (tertiary/aromatic N) is 1. The van der Waals surface area contributed by atoms with Crippen molar-refractivity contribution in [2.75, 3.05) is 31.0 Å². The Morgan fingerprint density at radius 3 is 2.62 bits per heavy atom. The lowest BCUT2D eigenvalue weighted by Crippen LogP contribution is -2.41. The fourth-order valence-electron chi connectivity index (χ4n) is 3.21. The van der Waals surface area contributed by atoms with E-state index in [4.69, 9.17) is 9.47 Å². The number of amides is 2. The topological polar surface area (TPSA) is 94.2 Å². The molecule has 1 unspecified atom stereocenters. The largest absolute Gasteiger partial charge is 0.493 e. The summed E-state index contributed by atoms with van der Waals surface area (Å²) in [5.74, 6) is -0.333. The van der Waals surface area contributed by atoms with Gasteiger partial charge in [-0.15, -0.1) is 0 Å². The molecule has 0 aromatic heterocycles. The molecule has 0 saturated carbocycles. The fraction of sp³-hybridized carbons (Fsp3) is 0.286. The minimum atomic E-state index is -0.502. The van der Waals surface area contributed by atoms with Crippen molar-refractivity contribution in [1.82, 2.24) is 0 Å². The van der Waals surface area contributed by atoms with Crippen LogP contribution in [0.4, 0.5) is 11.4 Å². The smallest absolute Gasteiger partial charge is 0.337 e. The summed E-state index contributed by atoms with van der Waals surface area (Å²) >= 11 is 0. The molecule has 1 heterocycles. The second-order valence-corrected chi connectivity index (χ2v) is 6.53. The molecule has 0 aliphatic carbocycles. The monoisotopic (exact) mass is 398 g/mol. The van der Waals surface area contributed by atoms with Gasteiger partial charge in [0.05, 0.1) is 31.2 Å². The Hall–Kier alpha value is -3.55. The first-order chi connectivity index (χ1) is 13.9. The van der Waals surface area contributed by atoms with Gasteiger partial charge < -0.3 is 24.4 Å². The molecule has 29 heavy (non-hydrogen) atoms. The fourth-order valence-corrected chi connectivity index (χ4v) is 3.21. The van der Waals surface area contributed by atoms with Gasteiger partial charge in [0.1, 0.15) is 0 Å². The minimum absolute atomic E-state index is 0.152. The number of hydrogen-bond acceptors (Lipinski definition) is 6. The summed E-state index contributed by atoms with van der Waals surface area (Å²) < 4.78 is 15.6. The predicted octanol–water partition coefficient (Wildman–Crippen LogP) is 2.62. The molecule has 152 valence electrons. The summed E-state index contributed by atoms with van der Waals surface area (Å²) in [7, 11) is 2.73. The first-order valence-electron chi connectivity index (χ1n) is 9.04. The van der Waals surface area contributed by atoms with Crippen LogP contribution in [0.2, 0.25) is 0 Å². The average Bonchev–Trinajstić information content (AvgIpc) is 2.85. The van der Waals surface area contributed by atoms with E-state index >= 15 is 0 Å². The van der Waals surface area contributed by atoms with E-state index in [0.29, 0.717) is 28.4 Å². The summed E-state index contributed by atoms with van der Waals surface area (Å²) in [6, 6.07) is 11.4. The molecule has 1 N–H and O–H groups in total. The van der Waals surface area contributed by atoms with E-state index in [1.165, 1.54) is 26.4 Å². The molecular formula is C21H22N2O6. The van der Waals surface area contributed by atoms with Crippen molar-refractivity contribution in [3.05, 3.63) is 48.0 Å². The number of ether oxygens (including phenoxy) is 3. The van der Waals surface area contributed by atoms with Crippen molar-refractivity contribution in [3.63, 3.8) is 0 Å². The van der Waals surface area contributed by atoms with Crippen molar-refractivity contribution in [2.45, 2.75) is 19.4 Å². The third kappa shape index (κ3) is 4.31. The van der Waals surface area contributed by atoms with Crippen molar-refractivity contribution in [2.24, 2.45) is 0 Å². The maximum absolute atomic E-state index is 13.0. The zero-order chi connectivity index (χ0) is 21.0. The van der Waals surface area contributed by atoms with Gasteiger partial charge in [0.2, 0.25) is 5.91 Å². The Morgan fingerprint density at radius 1 is 1.14 bits per heavy atom. The molecule has 0 bridgehead atoms. The molecule has 2 aromatic rings. The van der Waals surface area contributed by atoms with Gasteiger partial charge in [-0.1, -0.05) is 12.1 Å². The highest BCUT2D eigenvalue weighted by Gasteiger charge is 2.29. The Morgan fingerprint density at radius 2 is 1.90 bits per heavy atom. The molecule has 2 amide bonds. The van der Waals surface area contributed by atoms with Crippen LogP contribution in [0.5, 0.6) is 11.5 Å². The molecule has 8 heteroatoms. The number of esters is 1. The van der Waals surface area contributed by atoms with E-state index in [1.54, 1.807) is 35.2 Å². The average molecular weight is 398 g/mol. The zero-order valence-electron chi connectivity index (χ0n) is 16.4. The lowest BCUT2D eigenvalue weighted by atomic mass is 10.1. The molecule has 3 rings (SSSR count). The molecule has 0 saturated heterocycles. The highest BCUT2D eigenvalue weighted by Crippen LogP contribution is 2.32. The van der Waals surface area contributed by atoms with Crippen molar-refractivity contribution in [3.8, 4) is 11.5 Å². The number of nitrogens with one attached hydrogen (secondary N) is 1. The van der Waals surface area contributed by atoms with Crippen molar-refractivity contribution < 1.29 is 28.6 Å². The minimum Gasteiger partial charge on any atom is -0.493 e. The van der Waals surface area contributed by atoms with Crippen LogP contribution in [0.1, 0.15) is 23.7 Å². The lowest BCUT2D eigenvalue weighted by molar-refractivity contribution is -0.121. The van der Waals surface area contributed by atoms with Crippen LogP contribution in [-0.2, 0) is 14.3 Å². The van der Waals surface area contributed by atoms with Crippen molar-refractivity contribution in [1.29, 1.82) is 0 Å². The van der Waals surface area contributed by atoms with Crippen molar-refractivity contribution >= 4 is 29.2 Å². The number of benzene rings is 2.